The molecule has 0 heterocycles. The fourth-order valence-electron chi connectivity index (χ4n) is 2.07. The minimum absolute atomic E-state index is 0.245. The van der Waals surface area contributed by atoms with Crippen molar-refractivity contribution in [1.82, 2.24) is 0 Å². The van der Waals surface area contributed by atoms with Crippen LogP contribution in [-0.2, 0) is 18.5 Å². The Kier molecular flexibility index (Phi) is 5.42. The number of nitrogens with one attached hydrogen (secondary N) is 1. The minimum atomic E-state index is -5.48. The molecular formula is C9H13BNO8P2-5. The van der Waals surface area contributed by atoms with Crippen LogP contribution in [0.3, 0.4) is 0 Å². The summed E-state index contributed by atoms with van der Waals surface area (Å²) >= 11 is 0. The molecule has 0 aliphatic rings. The number of aryl methyl sites for hydroxylation is 1. The Balaban J connectivity index is 3.76. The van der Waals surface area contributed by atoms with Gasteiger partial charge in [0.1, 0.15) is 0 Å². The largest absolute Gasteiger partial charge is 0.808 e. The van der Waals surface area contributed by atoms with Gasteiger partial charge in [-0.3, -0.25) is 0 Å². The Morgan fingerprint density at radius 1 is 1.14 bits per heavy atom. The molecule has 0 saturated heterocycles. The number of hydrogen-bond acceptors (Lipinski definition) is 9. The van der Waals surface area contributed by atoms with E-state index in [0.717, 1.165) is 6.82 Å². The second kappa shape index (κ2) is 6.20. The Bertz CT molecular complexity index is 600. The summed E-state index contributed by atoms with van der Waals surface area (Å²) in [4.78, 5) is 23.8. The lowest BCUT2D eigenvalue weighted by molar-refractivity contribution is -0.647. The van der Waals surface area contributed by atoms with Crippen molar-refractivity contribution in [2.24, 2.45) is 0 Å². The van der Waals surface area contributed by atoms with Crippen LogP contribution in [0.25, 0.3) is 0 Å². The summed E-state index contributed by atoms with van der Waals surface area (Å²) < 4.78 is 30.1. The summed E-state index contributed by atoms with van der Waals surface area (Å²) in [6, 6.07) is 4.22. The summed E-state index contributed by atoms with van der Waals surface area (Å²) in [5.41, 5.74) is -3.38. The highest BCUT2D eigenvalue weighted by atomic mass is 31.2. The van der Waals surface area contributed by atoms with Gasteiger partial charge in [0.2, 0.25) is 0 Å². The van der Waals surface area contributed by atoms with E-state index in [1.165, 1.54) is 26.1 Å². The maximum Gasteiger partial charge on any atom is 0.189 e. The second-order valence-electron chi connectivity index (χ2n) is 4.73. The van der Waals surface area contributed by atoms with Gasteiger partial charge in [-0.2, -0.15) is 12.3 Å². The van der Waals surface area contributed by atoms with Crippen molar-refractivity contribution in [2.75, 3.05) is 12.4 Å². The third kappa shape index (κ3) is 2.95. The van der Waals surface area contributed by atoms with E-state index >= 15 is 0 Å². The highest BCUT2D eigenvalue weighted by Crippen LogP contribution is 2.64. The average molecular weight is 336 g/mol. The summed E-state index contributed by atoms with van der Waals surface area (Å²) in [7, 11) is -9.44. The van der Waals surface area contributed by atoms with Crippen LogP contribution in [0.15, 0.2) is 18.2 Å². The van der Waals surface area contributed by atoms with Gasteiger partial charge in [0, 0.05) is 12.7 Å². The predicted molar refractivity (Wildman–Crippen MR) is 69.4 cm³/mol. The molecule has 120 valence electrons. The van der Waals surface area contributed by atoms with Crippen LogP contribution in [0.1, 0.15) is 5.56 Å². The van der Waals surface area contributed by atoms with Gasteiger partial charge in [-0.25, -0.2) is 0 Å². The molecule has 1 aromatic carbocycles. The van der Waals surface area contributed by atoms with E-state index in [2.05, 4.69) is 14.7 Å². The number of hydrogen-bond donors (Lipinski definition) is 1. The summed E-state index contributed by atoms with van der Waals surface area (Å²) in [6.45, 7) is 2.17. The van der Waals surface area contributed by atoms with Crippen molar-refractivity contribution >= 4 is 31.7 Å². The van der Waals surface area contributed by atoms with E-state index in [9.17, 15) is 29.4 Å². The average Bonchev–Trinajstić information content (AvgIpc) is 2.46. The molecule has 0 radical (unpaired) electrons. The molecule has 0 bridgehead atoms. The monoisotopic (exact) mass is 336 g/mol. The fourth-order valence-corrected chi connectivity index (χ4v) is 5.26. The van der Waals surface area contributed by atoms with E-state index in [0.29, 0.717) is 5.69 Å². The first-order valence-corrected chi connectivity index (χ1v) is 9.02. The molecule has 0 spiro atoms. The lowest BCUT2D eigenvalue weighted by Crippen LogP contribution is -2.54. The Morgan fingerprint density at radius 3 is 2.00 bits per heavy atom. The van der Waals surface area contributed by atoms with E-state index in [-0.39, 0.29) is 11.0 Å². The maximum atomic E-state index is 11.9. The third-order valence-electron chi connectivity index (χ3n) is 3.60. The number of rotatable bonds is 6. The lowest BCUT2D eigenvalue weighted by Gasteiger charge is -2.58. The van der Waals surface area contributed by atoms with Crippen LogP contribution < -0.4 is 31.1 Å². The fraction of sp³-hybridized carbons (Fsp3) is 0.333. The summed E-state index contributed by atoms with van der Waals surface area (Å²) in [5.74, 6) is 0. The third-order valence-corrected chi connectivity index (χ3v) is 8.73. The van der Waals surface area contributed by atoms with Gasteiger partial charge >= 0.3 is 0 Å². The molecular weight excluding hydrogens is 323 g/mol. The molecule has 0 saturated carbocycles. The van der Waals surface area contributed by atoms with Crippen LogP contribution in [0.4, 0.5) is 5.69 Å². The highest BCUT2D eigenvalue weighted by molar-refractivity contribution is 8.23. The maximum absolute atomic E-state index is 11.9. The molecule has 0 aliphatic heterocycles. The van der Waals surface area contributed by atoms with Crippen LogP contribution in [0.5, 0.6) is 0 Å². The zero-order valence-electron chi connectivity index (χ0n) is 11.5. The van der Waals surface area contributed by atoms with E-state index in [4.69, 9.17) is 0 Å². The molecule has 0 amide bonds. The van der Waals surface area contributed by atoms with Gasteiger partial charge in [0.15, 0.2) is 5.59 Å². The molecule has 1 aromatic rings. The first kappa shape index (κ1) is 18.4. The van der Waals surface area contributed by atoms with Crippen LogP contribution in [0, 0.1) is 6.92 Å². The molecule has 0 aliphatic carbocycles. The molecule has 0 aromatic heterocycles. The molecule has 0 fully saturated rings. The Morgan fingerprint density at radius 2 is 1.62 bits per heavy atom. The smallest absolute Gasteiger partial charge is 0.189 e. The van der Waals surface area contributed by atoms with E-state index in [1.54, 1.807) is 6.07 Å². The lowest BCUT2D eigenvalue weighted by atomic mass is 9.66. The molecule has 9 nitrogen and oxygen atoms in total. The molecule has 1 rings (SSSR count). The standard InChI is InChI=1S/C9H17BNO8P2/c1-7-4-5-8(11-3)6-9(7)10(2,20(14,15)18-12)21(16,17)19-13/h4-6,11-13H,1-3H3,(H,14,15)(H,16,17)/q-1/p-4. The highest BCUT2D eigenvalue weighted by Gasteiger charge is 2.42. The van der Waals surface area contributed by atoms with Gasteiger partial charge in [0.25, 0.3) is 0 Å². The number of benzene rings is 1. The van der Waals surface area contributed by atoms with Crippen molar-refractivity contribution in [2.45, 2.75) is 13.7 Å². The van der Waals surface area contributed by atoms with Gasteiger partial charge in [-0.05, 0) is 27.9 Å². The molecule has 1 N–H and O–H groups in total. The van der Waals surface area contributed by atoms with E-state index in [1.807, 2.05) is 0 Å². The summed E-state index contributed by atoms with van der Waals surface area (Å²) in [5, 5.41) is 23.7. The van der Waals surface area contributed by atoms with Crippen molar-refractivity contribution in [3.8, 4) is 0 Å². The zero-order chi connectivity index (χ0) is 16.5. The minimum Gasteiger partial charge on any atom is -0.808 e. The molecule has 21 heavy (non-hydrogen) atoms. The molecule has 2 unspecified atom stereocenters. The SMILES string of the molecule is CNc1ccc(C)c([B-](C)(P(=O)([O-])O[O-])P(=O)([O-])O[O-])c1. The van der Waals surface area contributed by atoms with E-state index < -0.39 is 20.5 Å². The van der Waals surface area contributed by atoms with Crippen molar-refractivity contribution in [3.05, 3.63) is 23.8 Å². The first-order valence-electron chi connectivity index (χ1n) is 5.80. The van der Waals surface area contributed by atoms with Crippen LogP contribution in [0.2, 0.25) is 6.82 Å². The van der Waals surface area contributed by atoms with Crippen molar-refractivity contribution in [1.29, 1.82) is 0 Å². The number of anilines is 1. The Hall–Kier alpha value is -0.695. The van der Waals surface area contributed by atoms with Gasteiger partial charge in [-0.1, -0.05) is 17.7 Å². The van der Waals surface area contributed by atoms with Crippen molar-refractivity contribution < 1.29 is 38.8 Å². The van der Waals surface area contributed by atoms with Gasteiger partial charge in [0.05, 0.1) is 0 Å². The van der Waals surface area contributed by atoms with Crippen LogP contribution >= 0.6 is 14.9 Å². The van der Waals surface area contributed by atoms with Gasteiger partial charge < -0.3 is 44.1 Å². The van der Waals surface area contributed by atoms with Crippen molar-refractivity contribution in [3.63, 3.8) is 0 Å². The van der Waals surface area contributed by atoms with Crippen LogP contribution in [-0.4, -0.2) is 12.6 Å². The first-order chi connectivity index (χ1) is 9.57. The normalized spacial score (nSPS) is 20.1. The zero-order valence-corrected chi connectivity index (χ0v) is 13.3. The second-order valence-corrected chi connectivity index (χ2v) is 9.66. The quantitative estimate of drug-likeness (QED) is 0.269. The van der Waals surface area contributed by atoms with Gasteiger partial charge in [-0.15, -0.1) is 0 Å². The Labute approximate surface area is 121 Å². The molecule has 12 heteroatoms. The molecule has 2 atom stereocenters. The predicted octanol–water partition coefficient (Wildman–Crippen LogP) is -1.99. The summed E-state index contributed by atoms with van der Waals surface area (Å²) in [6.07, 6.45) is 0. The topological polar surface area (TPSA) is 157 Å².